The summed E-state index contributed by atoms with van der Waals surface area (Å²) in [5, 5.41) is 3.87. The third-order valence-corrected chi connectivity index (χ3v) is 7.27. The topological polar surface area (TPSA) is 136 Å². The van der Waals surface area contributed by atoms with E-state index in [4.69, 9.17) is 0 Å². The fraction of sp³-hybridized carbons (Fsp3) is 0.174. The number of nitrogens with zero attached hydrogens (tertiary/aromatic N) is 4. The van der Waals surface area contributed by atoms with Gasteiger partial charge in [0.2, 0.25) is 11.9 Å². The number of nitrogens with one attached hydrogen (secondary N) is 2. The standard InChI is InChI=1S/C23H22N6O4S2/c1-2-29-21(31)18-6-3-4-7-19(18)27-23(29)34-15-12-20(30)26-16-8-10-17(11-9-16)35(32,33)28-22-24-13-5-14-25-22/h3-11,13-14H,2,12,15H2,1H3,(H,26,30)(H,24,25,28). The van der Waals surface area contributed by atoms with E-state index in [1.807, 2.05) is 13.0 Å². The number of aromatic nitrogens is 4. The zero-order valence-corrected chi connectivity index (χ0v) is 20.3. The molecule has 0 aliphatic carbocycles. The van der Waals surface area contributed by atoms with Crippen LogP contribution in [0.5, 0.6) is 0 Å². The number of para-hydroxylation sites is 1. The van der Waals surface area contributed by atoms with Gasteiger partial charge in [-0.15, -0.1) is 0 Å². The molecule has 10 nitrogen and oxygen atoms in total. The maximum atomic E-state index is 12.7. The number of amides is 1. The molecule has 0 unspecified atom stereocenters. The van der Waals surface area contributed by atoms with Crippen LogP contribution in [0.1, 0.15) is 13.3 Å². The van der Waals surface area contributed by atoms with Crippen LogP contribution in [0, 0.1) is 0 Å². The minimum absolute atomic E-state index is 0.0124. The zero-order valence-electron chi connectivity index (χ0n) is 18.7. The Labute approximate surface area is 205 Å². The summed E-state index contributed by atoms with van der Waals surface area (Å²) in [5.41, 5.74) is 0.982. The van der Waals surface area contributed by atoms with Gasteiger partial charge in [-0.2, -0.15) is 0 Å². The number of fused-ring (bicyclic) bond motifs is 1. The average Bonchev–Trinajstić information content (AvgIpc) is 2.85. The molecule has 12 heteroatoms. The molecule has 0 fully saturated rings. The number of anilines is 2. The molecule has 2 heterocycles. The molecule has 0 saturated carbocycles. The summed E-state index contributed by atoms with van der Waals surface area (Å²) in [6.07, 6.45) is 3.04. The molecule has 0 aliphatic heterocycles. The zero-order chi connectivity index (χ0) is 24.8. The maximum absolute atomic E-state index is 12.7. The third-order valence-electron chi connectivity index (χ3n) is 4.94. The maximum Gasteiger partial charge on any atom is 0.264 e. The predicted molar refractivity (Wildman–Crippen MR) is 135 cm³/mol. The smallest absolute Gasteiger partial charge is 0.264 e. The number of carbonyl (C=O) groups is 1. The average molecular weight is 511 g/mol. The van der Waals surface area contributed by atoms with E-state index in [1.54, 1.807) is 28.8 Å². The number of thioether (sulfide) groups is 1. The van der Waals surface area contributed by atoms with Crippen LogP contribution >= 0.6 is 11.8 Å². The molecule has 0 bridgehead atoms. The summed E-state index contributed by atoms with van der Waals surface area (Å²) < 4.78 is 28.8. The Bertz CT molecular complexity index is 1510. The van der Waals surface area contributed by atoms with Gasteiger partial charge in [-0.05, 0) is 49.4 Å². The first kappa shape index (κ1) is 24.4. The fourth-order valence-electron chi connectivity index (χ4n) is 3.24. The van der Waals surface area contributed by atoms with Crippen molar-refractivity contribution in [3.05, 3.63) is 77.3 Å². The number of hydrogen-bond donors (Lipinski definition) is 2. The number of sulfonamides is 1. The van der Waals surface area contributed by atoms with Crippen molar-refractivity contribution >= 4 is 50.2 Å². The largest absolute Gasteiger partial charge is 0.326 e. The normalized spacial score (nSPS) is 11.3. The van der Waals surface area contributed by atoms with Gasteiger partial charge in [-0.3, -0.25) is 14.2 Å². The molecule has 0 spiro atoms. The van der Waals surface area contributed by atoms with Gasteiger partial charge in [-0.25, -0.2) is 28.1 Å². The Balaban J connectivity index is 1.35. The first-order valence-corrected chi connectivity index (χ1v) is 13.2. The number of carbonyl (C=O) groups excluding carboxylic acids is 1. The molecule has 0 saturated heterocycles. The Hall–Kier alpha value is -3.77. The molecule has 2 N–H and O–H groups in total. The summed E-state index contributed by atoms with van der Waals surface area (Å²) in [7, 11) is -3.86. The summed E-state index contributed by atoms with van der Waals surface area (Å²) in [6.45, 7) is 2.35. The predicted octanol–water partition coefficient (Wildman–Crippen LogP) is 3.13. The molecule has 1 amide bonds. The van der Waals surface area contributed by atoms with Gasteiger partial charge in [0.25, 0.3) is 15.6 Å². The lowest BCUT2D eigenvalue weighted by molar-refractivity contribution is -0.115. The molecule has 0 atom stereocenters. The second-order valence-electron chi connectivity index (χ2n) is 7.31. The Morgan fingerprint density at radius 1 is 1.03 bits per heavy atom. The summed E-state index contributed by atoms with van der Waals surface area (Å²) in [6, 6.07) is 14.5. The lowest BCUT2D eigenvalue weighted by Crippen LogP contribution is -2.22. The molecule has 4 rings (SSSR count). The van der Waals surface area contributed by atoms with Crippen LogP contribution in [0.4, 0.5) is 11.6 Å². The van der Waals surface area contributed by atoms with Gasteiger partial charge in [0.05, 0.1) is 15.8 Å². The van der Waals surface area contributed by atoms with Crippen LogP contribution in [-0.2, 0) is 21.4 Å². The highest BCUT2D eigenvalue weighted by atomic mass is 32.2. The van der Waals surface area contributed by atoms with Crippen LogP contribution in [0.25, 0.3) is 10.9 Å². The number of hydrogen-bond acceptors (Lipinski definition) is 8. The first-order chi connectivity index (χ1) is 16.9. The second kappa shape index (κ2) is 10.7. The van der Waals surface area contributed by atoms with E-state index in [0.717, 1.165) is 0 Å². The van der Waals surface area contributed by atoms with E-state index in [-0.39, 0.29) is 28.7 Å². The van der Waals surface area contributed by atoms with Gasteiger partial charge in [0.1, 0.15) is 0 Å². The van der Waals surface area contributed by atoms with E-state index in [0.29, 0.717) is 34.0 Å². The van der Waals surface area contributed by atoms with Crippen LogP contribution in [0.3, 0.4) is 0 Å². The quantitative estimate of drug-likeness (QED) is 0.259. The summed E-state index contributed by atoms with van der Waals surface area (Å²) in [4.78, 5) is 37.4. The van der Waals surface area contributed by atoms with E-state index in [2.05, 4.69) is 25.0 Å². The van der Waals surface area contributed by atoms with E-state index < -0.39 is 10.0 Å². The Morgan fingerprint density at radius 2 is 1.74 bits per heavy atom. The molecule has 2 aromatic heterocycles. The van der Waals surface area contributed by atoms with E-state index in [9.17, 15) is 18.0 Å². The van der Waals surface area contributed by atoms with Crippen LogP contribution in [0.2, 0.25) is 0 Å². The van der Waals surface area contributed by atoms with E-state index >= 15 is 0 Å². The number of rotatable bonds is 9. The molecular formula is C23H22N6O4S2. The highest BCUT2D eigenvalue weighted by Crippen LogP contribution is 2.20. The minimum Gasteiger partial charge on any atom is -0.326 e. The summed E-state index contributed by atoms with van der Waals surface area (Å²) >= 11 is 1.34. The highest BCUT2D eigenvalue weighted by Gasteiger charge is 2.16. The van der Waals surface area contributed by atoms with Crippen molar-refractivity contribution in [1.29, 1.82) is 0 Å². The van der Waals surface area contributed by atoms with Crippen LogP contribution < -0.4 is 15.6 Å². The SMILES string of the molecule is CCn1c(SCCC(=O)Nc2ccc(S(=O)(=O)Nc3ncccn3)cc2)nc2ccccc2c1=O. The lowest BCUT2D eigenvalue weighted by atomic mass is 10.2. The minimum atomic E-state index is -3.86. The second-order valence-corrected chi connectivity index (χ2v) is 10.1. The van der Waals surface area contributed by atoms with E-state index in [1.165, 1.54) is 48.4 Å². The fourth-order valence-corrected chi connectivity index (χ4v) is 5.20. The van der Waals surface area contributed by atoms with Gasteiger partial charge < -0.3 is 5.32 Å². The molecule has 0 radical (unpaired) electrons. The van der Waals surface area contributed by atoms with Gasteiger partial charge in [0, 0.05) is 36.8 Å². The summed E-state index contributed by atoms with van der Waals surface area (Å²) in [5.74, 6) is 0.149. The molecule has 35 heavy (non-hydrogen) atoms. The lowest BCUT2D eigenvalue weighted by Gasteiger charge is -2.11. The van der Waals surface area contributed by atoms with Crippen molar-refractivity contribution in [2.24, 2.45) is 0 Å². The van der Waals surface area contributed by atoms with Gasteiger partial charge in [0.15, 0.2) is 5.16 Å². The molecular weight excluding hydrogens is 488 g/mol. The van der Waals surface area contributed by atoms with Crippen molar-refractivity contribution in [1.82, 2.24) is 19.5 Å². The Morgan fingerprint density at radius 3 is 2.46 bits per heavy atom. The van der Waals surface area contributed by atoms with Crippen LogP contribution in [-0.4, -0.2) is 39.6 Å². The molecule has 4 aromatic rings. The van der Waals surface area contributed by atoms with Crippen molar-refractivity contribution in [2.45, 2.75) is 29.9 Å². The molecule has 2 aromatic carbocycles. The monoisotopic (exact) mass is 510 g/mol. The van der Waals surface area contributed by atoms with Crippen molar-refractivity contribution in [2.75, 3.05) is 15.8 Å². The van der Waals surface area contributed by atoms with Crippen LogP contribution in [0.15, 0.2) is 81.8 Å². The van der Waals surface area contributed by atoms with Crippen molar-refractivity contribution < 1.29 is 13.2 Å². The molecule has 0 aliphatic rings. The van der Waals surface area contributed by atoms with Gasteiger partial charge >= 0.3 is 0 Å². The Kier molecular flexibility index (Phi) is 7.42. The third kappa shape index (κ3) is 5.84. The first-order valence-electron chi connectivity index (χ1n) is 10.7. The molecule has 180 valence electrons. The van der Waals surface area contributed by atoms with Crippen molar-refractivity contribution in [3.8, 4) is 0 Å². The number of benzene rings is 2. The van der Waals surface area contributed by atoms with Crippen molar-refractivity contribution in [3.63, 3.8) is 0 Å². The highest BCUT2D eigenvalue weighted by molar-refractivity contribution is 7.99. The van der Waals surface area contributed by atoms with Gasteiger partial charge in [-0.1, -0.05) is 23.9 Å².